The number of carbonyl (C=O) groups is 1. The van der Waals surface area contributed by atoms with Crippen molar-refractivity contribution in [2.45, 2.75) is 25.7 Å². The number of piperazine rings is 1. The van der Waals surface area contributed by atoms with Crippen molar-refractivity contribution in [1.29, 1.82) is 0 Å². The van der Waals surface area contributed by atoms with E-state index in [0.717, 1.165) is 49.8 Å². The summed E-state index contributed by atoms with van der Waals surface area (Å²) in [4.78, 5) is 16.8. The van der Waals surface area contributed by atoms with E-state index in [0.29, 0.717) is 6.42 Å². The van der Waals surface area contributed by atoms with E-state index in [4.69, 9.17) is 5.73 Å². The molecule has 1 saturated carbocycles. The largest absolute Gasteiger partial charge is 0.399 e. The van der Waals surface area contributed by atoms with Gasteiger partial charge in [0.25, 0.3) is 0 Å². The minimum absolute atomic E-state index is 0.281. The lowest BCUT2D eigenvalue weighted by Crippen LogP contribution is -2.49. The van der Waals surface area contributed by atoms with E-state index < -0.39 is 0 Å². The third-order valence-electron chi connectivity index (χ3n) is 4.52. The first-order valence-corrected chi connectivity index (χ1v) is 8.05. The van der Waals surface area contributed by atoms with Crippen molar-refractivity contribution in [2.24, 2.45) is 5.92 Å². The van der Waals surface area contributed by atoms with Crippen molar-refractivity contribution < 1.29 is 4.79 Å². The summed E-state index contributed by atoms with van der Waals surface area (Å²) in [7, 11) is 0. The van der Waals surface area contributed by atoms with Gasteiger partial charge in [-0.3, -0.25) is 9.69 Å². The van der Waals surface area contributed by atoms with Crippen molar-refractivity contribution in [2.75, 3.05) is 38.5 Å². The van der Waals surface area contributed by atoms with Gasteiger partial charge >= 0.3 is 0 Å². The number of rotatable bonds is 5. The number of nitrogens with two attached hydrogens (primary N) is 1. The predicted molar refractivity (Wildman–Crippen MR) is 84.9 cm³/mol. The first-order chi connectivity index (χ1) is 10.2. The van der Waals surface area contributed by atoms with E-state index >= 15 is 0 Å². The number of aryl methyl sites for hydroxylation is 1. The summed E-state index contributed by atoms with van der Waals surface area (Å²) in [6.07, 6.45) is 4.18. The molecular weight excluding hydrogens is 262 g/mol. The van der Waals surface area contributed by atoms with Crippen molar-refractivity contribution in [3.63, 3.8) is 0 Å². The average molecular weight is 287 g/mol. The molecule has 4 nitrogen and oxygen atoms in total. The monoisotopic (exact) mass is 287 g/mol. The van der Waals surface area contributed by atoms with Crippen LogP contribution in [0.3, 0.4) is 0 Å². The summed E-state index contributed by atoms with van der Waals surface area (Å²) < 4.78 is 0. The summed E-state index contributed by atoms with van der Waals surface area (Å²) in [6.45, 7) is 5.11. The Morgan fingerprint density at radius 3 is 2.62 bits per heavy atom. The molecule has 2 fully saturated rings. The summed E-state index contributed by atoms with van der Waals surface area (Å²) in [5.41, 5.74) is 7.69. The van der Waals surface area contributed by atoms with Crippen LogP contribution in [-0.4, -0.2) is 48.4 Å². The highest BCUT2D eigenvalue weighted by Gasteiger charge is 2.27. The molecule has 1 saturated heterocycles. The van der Waals surface area contributed by atoms with E-state index in [1.165, 1.54) is 19.4 Å². The second-order valence-electron chi connectivity index (χ2n) is 6.37. The van der Waals surface area contributed by atoms with E-state index in [9.17, 15) is 4.79 Å². The quantitative estimate of drug-likeness (QED) is 0.840. The molecule has 1 aliphatic carbocycles. The van der Waals surface area contributed by atoms with Crippen molar-refractivity contribution >= 4 is 11.6 Å². The molecule has 114 valence electrons. The minimum atomic E-state index is 0.281. The van der Waals surface area contributed by atoms with Crippen LogP contribution in [0.15, 0.2) is 24.3 Å². The highest BCUT2D eigenvalue weighted by molar-refractivity contribution is 5.76. The Hall–Kier alpha value is -1.55. The highest BCUT2D eigenvalue weighted by Crippen LogP contribution is 2.29. The van der Waals surface area contributed by atoms with Crippen LogP contribution >= 0.6 is 0 Å². The fourth-order valence-corrected chi connectivity index (χ4v) is 3.00. The molecule has 1 aromatic carbocycles. The van der Waals surface area contributed by atoms with Gasteiger partial charge in [-0.25, -0.2) is 0 Å². The van der Waals surface area contributed by atoms with Gasteiger partial charge in [-0.05, 0) is 42.9 Å². The molecule has 1 aliphatic heterocycles. The number of nitrogens with zero attached hydrogens (tertiary/aromatic N) is 2. The molecule has 0 bridgehead atoms. The van der Waals surface area contributed by atoms with Crippen molar-refractivity contribution in [3.8, 4) is 0 Å². The Kier molecular flexibility index (Phi) is 4.44. The second kappa shape index (κ2) is 6.48. The zero-order valence-electron chi connectivity index (χ0n) is 12.6. The zero-order chi connectivity index (χ0) is 14.7. The molecule has 1 heterocycles. The normalized spacial score (nSPS) is 19.7. The average Bonchev–Trinajstić information content (AvgIpc) is 3.30. The lowest BCUT2D eigenvalue weighted by atomic mass is 10.1. The maximum atomic E-state index is 12.3. The maximum absolute atomic E-state index is 12.3. The van der Waals surface area contributed by atoms with Gasteiger partial charge in [0.15, 0.2) is 0 Å². The SMILES string of the molecule is Nc1cccc(CCC(=O)N2CCN(CC3CC3)CC2)c1. The fourth-order valence-electron chi connectivity index (χ4n) is 3.00. The van der Waals surface area contributed by atoms with Crippen LogP contribution in [-0.2, 0) is 11.2 Å². The predicted octanol–water partition coefficient (Wildman–Crippen LogP) is 1.76. The molecule has 0 spiro atoms. The number of carbonyl (C=O) groups excluding carboxylic acids is 1. The van der Waals surface area contributed by atoms with Crippen LogP contribution in [0.2, 0.25) is 0 Å². The van der Waals surface area contributed by atoms with E-state index in [2.05, 4.69) is 4.90 Å². The van der Waals surface area contributed by atoms with Crippen LogP contribution in [0.1, 0.15) is 24.8 Å². The Morgan fingerprint density at radius 1 is 1.19 bits per heavy atom. The summed E-state index contributed by atoms with van der Waals surface area (Å²) in [5, 5.41) is 0. The molecule has 0 unspecified atom stereocenters. The molecule has 0 radical (unpaired) electrons. The van der Waals surface area contributed by atoms with Gasteiger partial charge in [0.2, 0.25) is 5.91 Å². The Bertz CT molecular complexity index is 491. The molecule has 21 heavy (non-hydrogen) atoms. The first-order valence-electron chi connectivity index (χ1n) is 8.05. The lowest BCUT2D eigenvalue weighted by Gasteiger charge is -2.34. The maximum Gasteiger partial charge on any atom is 0.222 e. The van der Waals surface area contributed by atoms with Gasteiger partial charge in [-0.2, -0.15) is 0 Å². The van der Waals surface area contributed by atoms with E-state index in [-0.39, 0.29) is 5.91 Å². The van der Waals surface area contributed by atoms with E-state index in [1.807, 2.05) is 29.2 Å². The number of anilines is 1. The topological polar surface area (TPSA) is 49.6 Å². The molecule has 4 heteroatoms. The van der Waals surface area contributed by atoms with Gasteiger partial charge in [-0.1, -0.05) is 12.1 Å². The first kappa shape index (κ1) is 14.4. The van der Waals surface area contributed by atoms with Crippen LogP contribution < -0.4 is 5.73 Å². The molecular formula is C17H25N3O. The Morgan fingerprint density at radius 2 is 1.95 bits per heavy atom. The Balaban J connectivity index is 1.41. The zero-order valence-corrected chi connectivity index (χ0v) is 12.6. The minimum Gasteiger partial charge on any atom is -0.399 e. The van der Waals surface area contributed by atoms with E-state index in [1.54, 1.807) is 0 Å². The van der Waals surface area contributed by atoms with Gasteiger partial charge in [0.1, 0.15) is 0 Å². The summed E-state index contributed by atoms with van der Waals surface area (Å²) in [6, 6.07) is 7.83. The Labute approximate surface area is 126 Å². The van der Waals surface area contributed by atoms with Gasteiger partial charge in [0.05, 0.1) is 0 Å². The third-order valence-corrected chi connectivity index (χ3v) is 4.52. The lowest BCUT2D eigenvalue weighted by molar-refractivity contribution is -0.132. The molecule has 2 N–H and O–H groups in total. The molecule has 0 atom stereocenters. The third kappa shape index (κ3) is 4.21. The molecule has 2 aliphatic rings. The molecule has 3 rings (SSSR count). The number of hydrogen-bond donors (Lipinski definition) is 1. The highest BCUT2D eigenvalue weighted by atomic mass is 16.2. The summed E-state index contributed by atoms with van der Waals surface area (Å²) >= 11 is 0. The molecule has 0 aromatic heterocycles. The van der Waals surface area contributed by atoms with Crippen LogP contribution in [0.25, 0.3) is 0 Å². The van der Waals surface area contributed by atoms with Crippen LogP contribution in [0.5, 0.6) is 0 Å². The number of amides is 1. The van der Waals surface area contributed by atoms with Gasteiger partial charge < -0.3 is 10.6 Å². The smallest absolute Gasteiger partial charge is 0.222 e. The van der Waals surface area contributed by atoms with Crippen LogP contribution in [0, 0.1) is 5.92 Å². The van der Waals surface area contributed by atoms with Crippen LogP contribution in [0.4, 0.5) is 5.69 Å². The molecule has 1 aromatic rings. The fraction of sp³-hybridized carbons (Fsp3) is 0.588. The number of benzene rings is 1. The summed E-state index contributed by atoms with van der Waals surface area (Å²) in [5.74, 6) is 1.22. The van der Waals surface area contributed by atoms with Gasteiger partial charge in [-0.15, -0.1) is 0 Å². The van der Waals surface area contributed by atoms with Crippen molar-refractivity contribution in [1.82, 2.24) is 9.80 Å². The number of hydrogen-bond acceptors (Lipinski definition) is 3. The standard InChI is InChI=1S/C17H25N3O/c18-16-3-1-2-14(12-16)6-7-17(21)20-10-8-19(9-11-20)13-15-4-5-15/h1-3,12,15H,4-11,13,18H2. The van der Waals surface area contributed by atoms with Gasteiger partial charge in [0, 0.05) is 44.8 Å². The second-order valence-corrected chi connectivity index (χ2v) is 6.37. The van der Waals surface area contributed by atoms with Crippen molar-refractivity contribution in [3.05, 3.63) is 29.8 Å². The molecule has 1 amide bonds. The number of nitrogen functional groups attached to an aromatic ring is 1.